The average molecular weight is 229 g/mol. The third-order valence-electron chi connectivity index (χ3n) is 2.31. The summed E-state index contributed by atoms with van der Waals surface area (Å²) in [4.78, 5) is 14.3. The van der Waals surface area contributed by atoms with Crippen molar-refractivity contribution in [2.24, 2.45) is 0 Å². The van der Waals surface area contributed by atoms with Crippen LogP contribution in [0.15, 0.2) is 24.4 Å². The van der Waals surface area contributed by atoms with E-state index in [4.69, 9.17) is 10.00 Å². The van der Waals surface area contributed by atoms with Crippen LogP contribution in [0.4, 0.5) is 5.69 Å². The third-order valence-corrected chi connectivity index (χ3v) is 2.31. The molecule has 0 saturated heterocycles. The average Bonchev–Trinajstić information content (AvgIpc) is 2.36. The van der Waals surface area contributed by atoms with E-state index in [1.165, 1.54) is 25.4 Å². The minimum Gasteiger partial charge on any atom is -0.490 e. The number of nitro benzene ring substituents is 1. The highest BCUT2D eigenvalue weighted by atomic mass is 16.6. The van der Waals surface area contributed by atoms with Crippen LogP contribution < -0.4 is 4.74 Å². The Morgan fingerprint density at radius 1 is 1.47 bits per heavy atom. The van der Waals surface area contributed by atoms with E-state index in [2.05, 4.69) is 4.98 Å². The summed E-state index contributed by atoms with van der Waals surface area (Å²) in [6.45, 7) is 0. The molecule has 6 nitrogen and oxygen atoms in total. The first-order valence-corrected chi connectivity index (χ1v) is 4.68. The molecule has 0 spiro atoms. The molecule has 0 aliphatic heterocycles. The summed E-state index contributed by atoms with van der Waals surface area (Å²) in [7, 11) is 1.36. The van der Waals surface area contributed by atoms with Gasteiger partial charge >= 0.3 is 5.69 Å². The van der Waals surface area contributed by atoms with Gasteiger partial charge in [0, 0.05) is 23.7 Å². The first-order valence-electron chi connectivity index (χ1n) is 4.68. The summed E-state index contributed by atoms with van der Waals surface area (Å²) >= 11 is 0. The zero-order chi connectivity index (χ0) is 12.4. The van der Waals surface area contributed by atoms with Crippen molar-refractivity contribution >= 4 is 16.6 Å². The van der Waals surface area contributed by atoms with Gasteiger partial charge in [0.25, 0.3) is 0 Å². The van der Waals surface area contributed by atoms with Crippen molar-refractivity contribution in [3.63, 3.8) is 0 Å². The number of hydrogen-bond acceptors (Lipinski definition) is 5. The van der Waals surface area contributed by atoms with Crippen molar-refractivity contribution in [3.05, 3.63) is 40.1 Å². The number of fused-ring (bicyclic) bond motifs is 1. The minimum atomic E-state index is -0.530. The van der Waals surface area contributed by atoms with Crippen molar-refractivity contribution in [2.45, 2.75) is 0 Å². The van der Waals surface area contributed by atoms with E-state index in [1.807, 2.05) is 6.07 Å². The second-order valence-electron chi connectivity index (χ2n) is 3.31. The number of nitro groups is 1. The van der Waals surface area contributed by atoms with Gasteiger partial charge in [-0.1, -0.05) is 0 Å². The van der Waals surface area contributed by atoms with Crippen LogP contribution in [-0.4, -0.2) is 17.0 Å². The van der Waals surface area contributed by atoms with Crippen molar-refractivity contribution in [2.75, 3.05) is 7.11 Å². The maximum Gasteiger partial charge on any atom is 0.311 e. The van der Waals surface area contributed by atoms with E-state index < -0.39 is 4.92 Å². The fourth-order valence-electron chi connectivity index (χ4n) is 1.51. The maximum absolute atomic E-state index is 10.8. The number of nitrogens with zero attached hydrogens (tertiary/aromatic N) is 3. The summed E-state index contributed by atoms with van der Waals surface area (Å²) in [6.07, 6.45) is 1.41. The summed E-state index contributed by atoms with van der Waals surface area (Å²) in [6, 6.07) is 6.31. The van der Waals surface area contributed by atoms with E-state index >= 15 is 0 Å². The van der Waals surface area contributed by atoms with Gasteiger partial charge in [-0.05, 0) is 6.07 Å². The zero-order valence-electron chi connectivity index (χ0n) is 8.88. The number of rotatable bonds is 2. The van der Waals surface area contributed by atoms with Gasteiger partial charge in [0.15, 0.2) is 5.75 Å². The van der Waals surface area contributed by atoms with E-state index in [9.17, 15) is 10.1 Å². The number of benzene rings is 1. The van der Waals surface area contributed by atoms with E-state index in [-0.39, 0.29) is 11.4 Å². The number of nitriles is 1. The van der Waals surface area contributed by atoms with E-state index in [0.29, 0.717) is 16.5 Å². The first kappa shape index (κ1) is 10.8. The Bertz CT molecular complexity index is 646. The van der Waals surface area contributed by atoms with Crippen molar-refractivity contribution in [1.29, 1.82) is 5.26 Å². The molecule has 0 aliphatic rings. The minimum absolute atomic E-state index is 0.142. The highest BCUT2D eigenvalue weighted by molar-refractivity contribution is 5.84. The van der Waals surface area contributed by atoms with E-state index in [1.54, 1.807) is 6.07 Å². The van der Waals surface area contributed by atoms with Crippen LogP contribution in [0, 0.1) is 21.4 Å². The summed E-state index contributed by atoms with van der Waals surface area (Å²) in [5.41, 5.74) is 0.764. The lowest BCUT2D eigenvalue weighted by atomic mass is 10.1. The van der Waals surface area contributed by atoms with Crippen molar-refractivity contribution < 1.29 is 9.66 Å². The Morgan fingerprint density at radius 3 is 2.82 bits per heavy atom. The molecule has 84 valence electrons. The molecule has 1 aromatic carbocycles. The summed E-state index contributed by atoms with van der Waals surface area (Å²) < 4.78 is 4.92. The largest absolute Gasteiger partial charge is 0.490 e. The lowest BCUT2D eigenvalue weighted by Gasteiger charge is -2.03. The molecule has 1 aromatic heterocycles. The molecule has 0 bridgehead atoms. The van der Waals surface area contributed by atoms with Crippen LogP contribution in [0.1, 0.15) is 5.56 Å². The van der Waals surface area contributed by atoms with Gasteiger partial charge in [0.1, 0.15) is 6.07 Å². The predicted octanol–water partition coefficient (Wildman–Crippen LogP) is 2.02. The first-order chi connectivity index (χ1) is 8.15. The predicted molar refractivity (Wildman–Crippen MR) is 59.7 cm³/mol. The van der Waals surface area contributed by atoms with Gasteiger partial charge in [-0.2, -0.15) is 5.26 Å². The molecule has 0 fully saturated rings. The number of aromatic nitrogens is 1. The van der Waals surface area contributed by atoms with E-state index in [0.717, 1.165) is 0 Å². The highest BCUT2D eigenvalue weighted by Crippen LogP contribution is 2.31. The maximum atomic E-state index is 10.8. The second-order valence-corrected chi connectivity index (χ2v) is 3.31. The monoisotopic (exact) mass is 229 g/mol. The van der Waals surface area contributed by atoms with Crippen LogP contribution in [-0.2, 0) is 0 Å². The van der Waals surface area contributed by atoms with Gasteiger partial charge in [-0.25, -0.2) is 0 Å². The van der Waals surface area contributed by atoms with Gasteiger partial charge in [-0.15, -0.1) is 0 Å². The smallest absolute Gasteiger partial charge is 0.311 e. The Balaban J connectivity index is 2.75. The molecule has 0 amide bonds. The molecule has 6 heteroatoms. The second kappa shape index (κ2) is 4.06. The zero-order valence-corrected chi connectivity index (χ0v) is 8.88. The molecule has 0 aliphatic carbocycles. The fraction of sp³-hybridized carbons (Fsp3) is 0.0909. The molecule has 0 radical (unpaired) electrons. The fourth-order valence-corrected chi connectivity index (χ4v) is 1.51. The molecule has 1 heterocycles. The topological polar surface area (TPSA) is 89.0 Å². The van der Waals surface area contributed by atoms with Gasteiger partial charge < -0.3 is 4.74 Å². The third kappa shape index (κ3) is 1.86. The molecule has 0 saturated carbocycles. The van der Waals surface area contributed by atoms with Crippen LogP contribution >= 0.6 is 0 Å². The normalized spacial score (nSPS) is 9.88. The highest BCUT2D eigenvalue weighted by Gasteiger charge is 2.16. The Hall–Kier alpha value is -2.68. The van der Waals surface area contributed by atoms with Gasteiger partial charge in [-0.3, -0.25) is 15.1 Å². The number of hydrogen-bond donors (Lipinski definition) is 0. The molecule has 0 N–H and O–H groups in total. The van der Waals surface area contributed by atoms with Crippen LogP contribution in [0.2, 0.25) is 0 Å². The van der Waals surface area contributed by atoms with Crippen molar-refractivity contribution in [3.8, 4) is 11.8 Å². The quantitative estimate of drug-likeness (QED) is 0.580. The number of ether oxygens (including phenoxy) is 1. The molecule has 0 atom stereocenters. The standard InChI is InChI=1S/C11H7N3O3/c1-17-11-4-9-8(3-10(11)14(15)16)2-7(5-12)6-13-9/h2-4,6H,1H3. The number of pyridine rings is 1. The molecule has 0 unspecified atom stereocenters. The lowest BCUT2D eigenvalue weighted by Crippen LogP contribution is -1.94. The molecule has 2 aromatic rings. The molecule has 17 heavy (non-hydrogen) atoms. The Labute approximate surface area is 96.2 Å². The Morgan fingerprint density at radius 2 is 2.24 bits per heavy atom. The summed E-state index contributed by atoms with van der Waals surface area (Å²) in [5.74, 6) is 0.153. The molecular weight excluding hydrogens is 222 g/mol. The van der Waals surface area contributed by atoms with Crippen LogP contribution in [0.25, 0.3) is 10.9 Å². The SMILES string of the molecule is COc1cc2ncc(C#N)cc2cc1[N+](=O)[O-]. The number of methoxy groups -OCH3 is 1. The van der Waals surface area contributed by atoms with Crippen molar-refractivity contribution in [1.82, 2.24) is 4.98 Å². The van der Waals surface area contributed by atoms with Gasteiger partial charge in [0.2, 0.25) is 0 Å². The molecule has 2 rings (SSSR count). The Kier molecular flexibility index (Phi) is 2.58. The van der Waals surface area contributed by atoms with Crippen LogP contribution in [0.5, 0.6) is 5.75 Å². The van der Waals surface area contributed by atoms with Crippen LogP contribution in [0.3, 0.4) is 0 Å². The van der Waals surface area contributed by atoms with Gasteiger partial charge in [0.05, 0.1) is 23.1 Å². The lowest BCUT2D eigenvalue weighted by molar-refractivity contribution is -0.385. The summed E-state index contributed by atoms with van der Waals surface area (Å²) in [5, 5.41) is 20.1. The molecular formula is C11H7N3O3.